The molecule has 0 atom stereocenters. The molecule has 140 valence electrons. The summed E-state index contributed by atoms with van der Waals surface area (Å²) in [7, 11) is 0. The number of halogens is 5. The number of benzene rings is 2. The normalized spacial score (nSPS) is 11.4. The van der Waals surface area contributed by atoms with E-state index in [1.165, 1.54) is 18.2 Å². The van der Waals surface area contributed by atoms with Gasteiger partial charge in [-0.3, -0.25) is 4.79 Å². The topological polar surface area (TPSA) is 55.1 Å². The average Bonchev–Trinajstić information content (AvgIpc) is 3.02. The van der Waals surface area contributed by atoms with Crippen molar-refractivity contribution in [1.82, 2.24) is 5.16 Å². The first kappa shape index (κ1) is 18.6. The maximum absolute atomic E-state index is 13.7. The van der Waals surface area contributed by atoms with Crippen LogP contribution in [-0.2, 0) is 17.4 Å². The highest BCUT2D eigenvalue weighted by atomic mass is 19.4. The van der Waals surface area contributed by atoms with Crippen LogP contribution in [0.5, 0.6) is 0 Å². The first-order chi connectivity index (χ1) is 12.7. The van der Waals surface area contributed by atoms with Crippen molar-refractivity contribution in [3.05, 3.63) is 71.4 Å². The number of amides is 1. The van der Waals surface area contributed by atoms with E-state index in [4.69, 9.17) is 4.52 Å². The number of nitrogens with one attached hydrogen (secondary N) is 1. The smallest absolute Gasteiger partial charge is 0.356 e. The summed E-state index contributed by atoms with van der Waals surface area (Å²) in [5.74, 6) is -2.43. The minimum absolute atomic E-state index is 0.0361. The number of hydrogen-bond donors (Lipinski definition) is 1. The molecule has 0 bridgehead atoms. The summed E-state index contributed by atoms with van der Waals surface area (Å²) in [6.45, 7) is 0. The number of carbonyl (C=O) groups is 1. The van der Waals surface area contributed by atoms with Crippen LogP contribution in [0.15, 0.2) is 53.1 Å². The highest BCUT2D eigenvalue weighted by Gasteiger charge is 2.33. The van der Waals surface area contributed by atoms with Crippen molar-refractivity contribution in [2.45, 2.75) is 12.6 Å². The zero-order valence-corrected chi connectivity index (χ0v) is 13.5. The number of anilines is 1. The predicted octanol–water partition coefficient (Wildman–Crippen LogP) is 4.82. The summed E-state index contributed by atoms with van der Waals surface area (Å²) < 4.78 is 70.4. The Balaban J connectivity index is 1.74. The van der Waals surface area contributed by atoms with Crippen LogP contribution in [0, 0.1) is 11.6 Å². The summed E-state index contributed by atoms with van der Waals surface area (Å²) in [6.07, 6.45) is -5.01. The van der Waals surface area contributed by atoms with Crippen LogP contribution in [-0.4, -0.2) is 11.1 Å². The Labute approximate surface area is 149 Å². The molecule has 0 unspecified atom stereocenters. The van der Waals surface area contributed by atoms with E-state index in [1.54, 1.807) is 0 Å². The minimum Gasteiger partial charge on any atom is -0.356 e. The molecule has 27 heavy (non-hydrogen) atoms. The van der Waals surface area contributed by atoms with Crippen LogP contribution in [0.3, 0.4) is 0 Å². The maximum atomic E-state index is 13.7. The van der Waals surface area contributed by atoms with Gasteiger partial charge in [0.25, 0.3) is 0 Å². The molecule has 0 fully saturated rings. The number of rotatable bonds is 4. The number of para-hydroxylation sites is 1. The Morgan fingerprint density at radius 3 is 2.52 bits per heavy atom. The quantitative estimate of drug-likeness (QED) is 0.659. The van der Waals surface area contributed by atoms with Crippen LogP contribution in [0.1, 0.15) is 11.3 Å². The summed E-state index contributed by atoms with van der Waals surface area (Å²) in [5, 5.41) is 5.76. The van der Waals surface area contributed by atoms with E-state index in [1.807, 2.05) is 0 Å². The third kappa shape index (κ3) is 4.30. The van der Waals surface area contributed by atoms with E-state index in [0.29, 0.717) is 6.07 Å². The highest BCUT2D eigenvalue weighted by molar-refractivity contribution is 5.93. The van der Waals surface area contributed by atoms with Gasteiger partial charge in [0, 0.05) is 12.1 Å². The largest absolute Gasteiger partial charge is 0.418 e. The van der Waals surface area contributed by atoms with Crippen molar-refractivity contribution in [2.24, 2.45) is 0 Å². The van der Waals surface area contributed by atoms with Crippen molar-refractivity contribution in [3.8, 4) is 11.3 Å². The number of aromatic nitrogens is 1. The fourth-order valence-corrected chi connectivity index (χ4v) is 2.41. The molecule has 3 rings (SSSR count). The fourth-order valence-electron chi connectivity index (χ4n) is 2.41. The molecule has 1 heterocycles. The second-order valence-electron chi connectivity index (χ2n) is 5.57. The van der Waals surface area contributed by atoms with E-state index >= 15 is 0 Å². The zero-order chi connectivity index (χ0) is 19.6. The first-order valence-electron chi connectivity index (χ1n) is 7.61. The Bertz CT molecular complexity index is 982. The summed E-state index contributed by atoms with van der Waals surface area (Å²) in [4.78, 5) is 12.0. The molecule has 4 nitrogen and oxygen atoms in total. The van der Waals surface area contributed by atoms with Crippen LogP contribution in [0.4, 0.5) is 27.6 Å². The van der Waals surface area contributed by atoms with Crippen molar-refractivity contribution >= 4 is 11.6 Å². The lowest BCUT2D eigenvalue weighted by Gasteiger charge is -2.13. The SMILES string of the molecule is O=C(Cc1cc(-c2ccc(F)cc2F)on1)Nc1ccccc1C(F)(F)F. The van der Waals surface area contributed by atoms with Crippen molar-refractivity contribution in [3.63, 3.8) is 0 Å². The Hall–Kier alpha value is -3.23. The van der Waals surface area contributed by atoms with Gasteiger partial charge in [-0.2, -0.15) is 13.2 Å². The average molecular weight is 382 g/mol. The lowest BCUT2D eigenvalue weighted by molar-refractivity contribution is -0.137. The standard InChI is InChI=1S/C18H11F5N2O2/c19-10-5-6-12(14(20)7-10)16-8-11(25-27-16)9-17(26)24-15-4-2-1-3-13(15)18(21,22)23/h1-8H,9H2,(H,24,26). The third-order valence-electron chi connectivity index (χ3n) is 3.60. The van der Waals surface area contributed by atoms with Gasteiger partial charge in [-0.15, -0.1) is 0 Å². The molecule has 0 aliphatic heterocycles. The van der Waals surface area contributed by atoms with E-state index in [-0.39, 0.29) is 22.7 Å². The van der Waals surface area contributed by atoms with Crippen molar-refractivity contribution in [2.75, 3.05) is 5.32 Å². The molecule has 0 aliphatic rings. The first-order valence-corrected chi connectivity index (χ1v) is 7.61. The van der Waals surface area contributed by atoms with Gasteiger partial charge in [-0.05, 0) is 24.3 Å². The highest BCUT2D eigenvalue weighted by Crippen LogP contribution is 2.34. The molecule has 9 heteroatoms. The van der Waals surface area contributed by atoms with Gasteiger partial charge >= 0.3 is 6.18 Å². The molecule has 0 saturated heterocycles. The molecular weight excluding hydrogens is 371 g/mol. The number of hydrogen-bond acceptors (Lipinski definition) is 3. The third-order valence-corrected chi connectivity index (χ3v) is 3.60. The van der Waals surface area contributed by atoms with E-state index in [9.17, 15) is 26.7 Å². The second kappa shape index (κ2) is 7.18. The molecule has 1 N–H and O–H groups in total. The number of carbonyl (C=O) groups excluding carboxylic acids is 1. The molecular formula is C18H11F5N2O2. The van der Waals surface area contributed by atoms with Crippen molar-refractivity contribution < 1.29 is 31.3 Å². The van der Waals surface area contributed by atoms with Crippen LogP contribution >= 0.6 is 0 Å². The Morgan fingerprint density at radius 1 is 1.07 bits per heavy atom. The van der Waals surface area contributed by atoms with E-state index in [2.05, 4.69) is 10.5 Å². The molecule has 1 aromatic heterocycles. The molecule has 3 aromatic rings. The maximum Gasteiger partial charge on any atom is 0.418 e. The van der Waals surface area contributed by atoms with Gasteiger partial charge in [-0.25, -0.2) is 8.78 Å². The minimum atomic E-state index is -4.62. The van der Waals surface area contributed by atoms with Crippen molar-refractivity contribution in [1.29, 1.82) is 0 Å². The van der Waals surface area contributed by atoms with Gasteiger partial charge in [0.05, 0.1) is 28.9 Å². The van der Waals surface area contributed by atoms with Crippen LogP contribution < -0.4 is 5.32 Å². The monoisotopic (exact) mass is 382 g/mol. The Morgan fingerprint density at radius 2 is 1.81 bits per heavy atom. The molecule has 0 radical (unpaired) electrons. The predicted molar refractivity (Wildman–Crippen MR) is 85.6 cm³/mol. The second-order valence-corrected chi connectivity index (χ2v) is 5.57. The lowest BCUT2D eigenvalue weighted by atomic mass is 10.1. The lowest BCUT2D eigenvalue weighted by Crippen LogP contribution is -2.18. The van der Waals surface area contributed by atoms with Gasteiger partial charge in [0.2, 0.25) is 5.91 Å². The van der Waals surface area contributed by atoms with Crippen LogP contribution in [0.25, 0.3) is 11.3 Å². The van der Waals surface area contributed by atoms with E-state index < -0.39 is 35.7 Å². The number of nitrogens with zero attached hydrogens (tertiary/aromatic N) is 1. The van der Waals surface area contributed by atoms with Gasteiger partial charge in [-0.1, -0.05) is 17.3 Å². The molecule has 1 amide bonds. The summed E-state index contributed by atoms with van der Waals surface area (Å²) >= 11 is 0. The van der Waals surface area contributed by atoms with Crippen LogP contribution in [0.2, 0.25) is 0 Å². The molecule has 0 spiro atoms. The van der Waals surface area contributed by atoms with E-state index in [0.717, 1.165) is 24.3 Å². The number of alkyl halides is 3. The summed E-state index contributed by atoms with van der Waals surface area (Å²) in [5.41, 5.74) is -1.34. The van der Waals surface area contributed by atoms with Gasteiger partial charge in [0.1, 0.15) is 11.6 Å². The summed E-state index contributed by atoms with van der Waals surface area (Å²) in [6, 6.07) is 8.64. The molecule has 0 aliphatic carbocycles. The fraction of sp³-hybridized carbons (Fsp3) is 0.111. The molecule has 0 saturated carbocycles. The van der Waals surface area contributed by atoms with Gasteiger partial charge < -0.3 is 9.84 Å². The molecule has 2 aromatic carbocycles. The zero-order valence-electron chi connectivity index (χ0n) is 13.5. The van der Waals surface area contributed by atoms with Gasteiger partial charge in [0.15, 0.2) is 5.76 Å². The Kier molecular flexibility index (Phi) is 4.93.